The molecule has 0 radical (unpaired) electrons. The molecule has 18 heavy (non-hydrogen) atoms. The van der Waals surface area contributed by atoms with E-state index in [-0.39, 0.29) is 0 Å². The first-order valence-electron chi connectivity index (χ1n) is 8.15. The predicted molar refractivity (Wildman–Crippen MR) is 81.0 cm³/mol. The Hall–Kier alpha value is -0.0800. The van der Waals surface area contributed by atoms with Crippen LogP contribution in [0.1, 0.15) is 59.3 Å². The van der Waals surface area contributed by atoms with Gasteiger partial charge in [-0.3, -0.25) is 0 Å². The summed E-state index contributed by atoms with van der Waals surface area (Å²) in [7, 11) is 0. The van der Waals surface area contributed by atoms with Gasteiger partial charge < -0.3 is 10.2 Å². The molecule has 0 aromatic carbocycles. The molecular weight excluding hydrogens is 220 g/mol. The molecule has 1 heterocycles. The first-order chi connectivity index (χ1) is 8.72. The van der Waals surface area contributed by atoms with Crippen molar-refractivity contribution in [2.45, 2.75) is 59.3 Å². The second-order valence-electron chi connectivity index (χ2n) is 6.38. The summed E-state index contributed by atoms with van der Waals surface area (Å²) in [5.41, 5.74) is 0. The normalized spacial score (nSPS) is 22.3. The van der Waals surface area contributed by atoms with Crippen molar-refractivity contribution in [3.8, 4) is 0 Å². The van der Waals surface area contributed by atoms with Crippen LogP contribution in [0.25, 0.3) is 0 Å². The van der Waals surface area contributed by atoms with Gasteiger partial charge in [-0.2, -0.15) is 0 Å². The van der Waals surface area contributed by atoms with Crippen molar-refractivity contribution in [1.29, 1.82) is 0 Å². The van der Waals surface area contributed by atoms with Crippen LogP contribution in [-0.2, 0) is 0 Å². The quantitative estimate of drug-likeness (QED) is 0.667. The van der Waals surface area contributed by atoms with Gasteiger partial charge in [0.2, 0.25) is 0 Å². The molecule has 0 spiro atoms. The monoisotopic (exact) mass is 254 g/mol. The molecule has 0 bridgehead atoms. The molecule has 0 amide bonds. The second-order valence-corrected chi connectivity index (χ2v) is 6.38. The van der Waals surface area contributed by atoms with Crippen LogP contribution in [0, 0.1) is 11.8 Å². The molecule has 1 atom stereocenters. The zero-order valence-electron chi connectivity index (χ0n) is 12.9. The SMILES string of the molecule is CCCC1CCCN(CCCNCC(C)C)CC1. The molecule has 1 aliphatic rings. The third-order valence-electron chi connectivity index (χ3n) is 4.02. The summed E-state index contributed by atoms with van der Waals surface area (Å²) in [6.45, 7) is 13.2. The van der Waals surface area contributed by atoms with Gasteiger partial charge in [-0.05, 0) is 70.2 Å². The van der Waals surface area contributed by atoms with Crippen LogP contribution in [0.4, 0.5) is 0 Å². The van der Waals surface area contributed by atoms with E-state index in [2.05, 4.69) is 31.0 Å². The Balaban J connectivity index is 2.04. The Morgan fingerprint density at radius 2 is 2.06 bits per heavy atom. The summed E-state index contributed by atoms with van der Waals surface area (Å²) in [4.78, 5) is 2.69. The Labute approximate surface area is 115 Å². The average molecular weight is 254 g/mol. The Morgan fingerprint density at radius 1 is 1.22 bits per heavy atom. The lowest BCUT2D eigenvalue weighted by molar-refractivity contribution is 0.274. The highest BCUT2D eigenvalue weighted by atomic mass is 15.1. The van der Waals surface area contributed by atoms with E-state index in [4.69, 9.17) is 0 Å². The summed E-state index contributed by atoms with van der Waals surface area (Å²) in [6, 6.07) is 0. The van der Waals surface area contributed by atoms with Crippen molar-refractivity contribution in [2.75, 3.05) is 32.7 Å². The zero-order valence-corrected chi connectivity index (χ0v) is 12.9. The van der Waals surface area contributed by atoms with E-state index in [1.54, 1.807) is 0 Å². The minimum atomic E-state index is 0.776. The Kier molecular flexibility index (Phi) is 8.70. The van der Waals surface area contributed by atoms with Crippen molar-refractivity contribution in [3.63, 3.8) is 0 Å². The maximum absolute atomic E-state index is 3.54. The van der Waals surface area contributed by atoms with Crippen molar-refractivity contribution >= 4 is 0 Å². The van der Waals surface area contributed by atoms with Gasteiger partial charge in [-0.1, -0.05) is 33.6 Å². The standard InChI is InChI=1S/C16H34N2/c1-4-7-16-8-5-11-18(13-9-16)12-6-10-17-14-15(2)3/h15-17H,4-14H2,1-3H3. The minimum Gasteiger partial charge on any atom is -0.316 e. The molecule has 1 rings (SSSR count). The fraction of sp³-hybridized carbons (Fsp3) is 1.00. The number of likely N-dealkylation sites (tertiary alicyclic amines) is 1. The third kappa shape index (κ3) is 7.38. The maximum atomic E-state index is 3.54. The third-order valence-corrected chi connectivity index (χ3v) is 4.02. The van der Waals surface area contributed by atoms with Gasteiger partial charge in [-0.15, -0.1) is 0 Å². The fourth-order valence-electron chi connectivity index (χ4n) is 2.96. The molecule has 1 unspecified atom stereocenters. The summed E-state index contributed by atoms with van der Waals surface area (Å²) in [5, 5.41) is 3.54. The van der Waals surface area contributed by atoms with Gasteiger partial charge in [0.15, 0.2) is 0 Å². The van der Waals surface area contributed by atoms with Crippen molar-refractivity contribution in [2.24, 2.45) is 11.8 Å². The number of nitrogens with zero attached hydrogens (tertiary/aromatic N) is 1. The van der Waals surface area contributed by atoms with E-state index < -0.39 is 0 Å². The molecule has 1 N–H and O–H groups in total. The molecule has 1 aliphatic heterocycles. The topological polar surface area (TPSA) is 15.3 Å². The molecule has 1 saturated heterocycles. The molecule has 108 valence electrons. The number of rotatable bonds is 8. The van der Waals surface area contributed by atoms with Crippen LogP contribution in [0.2, 0.25) is 0 Å². The summed E-state index contributed by atoms with van der Waals surface area (Å²) in [6.07, 6.45) is 8.45. The molecule has 0 aliphatic carbocycles. The van der Waals surface area contributed by atoms with E-state index >= 15 is 0 Å². The number of hydrogen-bond donors (Lipinski definition) is 1. The molecular formula is C16H34N2. The largest absolute Gasteiger partial charge is 0.316 e. The fourth-order valence-corrected chi connectivity index (χ4v) is 2.96. The highest BCUT2D eigenvalue weighted by Gasteiger charge is 2.15. The zero-order chi connectivity index (χ0) is 13.2. The van der Waals surface area contributed by atoms with E-state index in [9.17, 15) is 0 Å². The minimum absolute atomic E-state index is 0.776. The van der Waals surface area contributed by atoms with Gasteiger partial charge in [0.05, 0.1) is 0 Å². The first-order valence-corrected chi connectivity index (χ1v) is 8.15. The van der Waals surface area contributed by atoms with Gasteiger partial charge in [0.25, 0.3) is 0 Å². The van der Waals surface area contributed by atoms with Gasteiger partial charge >= 0.3 is 0 Å². The maximum Gasteiger partial charge on any atom is -0.000664 e. The first kappa shape index (κ1) is 16.0. The Morgan fingerprint density at radius 3 is 2.78 bits per heavy atom. The molecule has 1 fully saturated rings. The number of hydrogen-bond acceptors (Lipinski definition) is 2. The molecule has 2 heteroatoms. The van der Waals surface area contributed by atoms with E-state index in [0.29, 0.717) is 0 Å². The molecule has 2 nitrogen and oxygen atoms in total. The number of nitrogens with one attached hydrogen (secondary N) is 1. The van der Waals surface area contributed by atoms with Crippen LogP contribution in [0.3, 0.4) is 0 Å². The van der Waals surface area contributed by atoms with Gasteiger partial charge in [-0.25, -0.2) is 0 Å². The summed E-state index contributed by atoms with van der Waals surface area (Å²) < 4.78 is 0. The van der Waals surface area contributed by atoms with E-state index in [1.165, 1.54) is 71.2 Å². The van der Waals surface area contributed by atoms with Crippen molar-refractivity contribution in [3.05, 3.63) is 0 Å². The van der Waals surface area contributed by atoms with Crippen LogP contribution >= 0.6 is 0 Å². The Bertz CT molecular complexity index is 192. The lowest BCUT2D eigenvalue weighted by atomic mass is 9.96. The lowest BCUT2D eigenvalue weighted by Crippen LogP contribution is -2.29. The molecule has 0 aromatic heterocycles. The smallest absolute Gasteiger partial charge is 0.000664 e. The van der Waals surface area contributed by atoms with E-state index in [1.807, 2.05) is 0 Å². The van der Waals surface area contributed by atoms with Gasteiger partial charge in [0.1, 0.15) is 0 Å². The van der Waals surface area contributed by atoms with Crippen LogP contribution in [0.15, 0.2) is 0 Å². The summed E-state index contributed by atoms with van der Waals surface area (Å²) >= 11 is 0. The van der Waals surface area contributed by atoms with Crippen LogP contribution < -0.4 is 5.32 Å². The second kappa shape index (κ2) is 9.80. The van der Waals surface area contributed by atoms with Gasteiger partial charge in [0, 0.05) is 0 Å². The van der Waals surface area contributed by atoms with Crippen LogP contribution in [-0.4, -0.2) is 37.6 Å². The average Bonchev–Trinajstić information content (AvgIpc) is 2.55. The lowest BCUT2D eigenvalue weighted by Gasteiger charge is -2.20. The predicted octanol–water partition coefficient (Wildman–Crippen LogP) is 3.52. The summed E-state index contributed by atoms with van der Waals surface area (Å²) in [5.74, 6) is 1.79. The molecule has 0 saturated carbocycles. The molecule has 0 aromatic rings. The highest BCUT2D eigenvalue weighted by molar-refractivity contribution is 4.70. The van der Waals surface area contributed by atoms with E-state index in [0.717, 1.165) is 11.8 Å². The van der Waals surface area contributed by atoms with Crippen molar-refractivity contribution in [1.82, 2.24) is 10.2 Å². The van der Waals surface area contributed by atoms with Crippen LogP contribution in [0.5, 0.6) is 0 Å². The van der Waals surface area contributed by atoms with Crippen molar-refractivity contribution < 1.29 is 0 Å². The highest BCUT2D eigenvalue weighted by Crippen LogP contribution is 2.21.